The maximum atomic E-state index is 12.1. The van der Waals surface area contributed by atoms with E-state index in [0.717, 1.165) is 0 Å². The molecule has 2 fully saturated rings. The number of ketones is 1. The molecule has 2 heterocycles. The Morgan fingerprint density at radius 1 is 1.29 bits per heavy atom. The van der Waals surface area contributed by atoms with Crippen LogP contribution in [0.5, 0.6) is 0 Å². The Bertz CT molecular complexity index is 317. The molecule has 2 rings (SSSR count). The van der Waals surface area contributed by atoms with Crippen molar-refractivity contribution < 1.29 is 23.7 Å². The Balaban J connectivity index is 2.06. The van der Waals surface area contributed by atoms with Crippen molar-refractivity contribution in [3.63, 3.8) is 0 Å². The number of hydrogen-bond donors (Lipinski definition) is 0. The van der Waals surface area contributed by atoms with Crippen molar-refractivity contribution >= 4 is 5.78 Å². The minimum absolute atomic E-state index is 0.193. The van der Waals surface area contributed by atoms with Crippen LogP contribution in [0.25, 0.3) is 0 Å². The molecule has 0 bridgehead atoms. The number of hydrogen-bond acceptors (Lipinski definition) is 5. The third-order valence-corrected chi connectivity index (χ3v) is 2.57. The highest BCUT2D eigenvalue weighted by atomic mass is 16.8. The van der Waals surface area contributed by atoms with Gasteiger partial charge in [-0.25, -0.2) is 0 Å². The minimum Gasteiger partial charge on any atom is -0.343 e. The molecule has 0 N–H and O–H groups in total. The van der Waals surface area contributed by atoms with Crippen LogP contribution in [0.15, 0.2) is 0 Å². The summed E-state index contributed by atoms with van der Waals surface area (Å²) in [5.41, 5.74) is -0.428. The van der Waals surface area contributed by atoms with Crippen molar-refractivity contribution in [2.75, 3.05) is 6.61 Å². The van der Waals surface area contributed by atoms with Crippen LogP contribution in [0.2, 0.25) is 0 Å². The summed E-state index contributed by atoms with van der Waals surface area (Å²) in [5, 5.41) is 0. The Morgan fingerprint density at radius 2 is 1.94 bits per heavy atom. The lowest BCUT2D eigenvalue weighted by Gasteiger charge is -2.32. The molecule has 0 saturated carbocycles. The summed E-state index contributed by atoms with van der Waals surface area (Å²) in [6.07, 6.45) is -1.75. The lowest BCUT2D eigenvalue weighted by molar-refractivity contribution is -0.223. The third kappa shape index (κ3) is 2.85. The van der Waals surface area contributed by atoms with Gasteiger partial charge in [0.15, 0.2) is 11.9 Å². The van der Waals surface area contributed by atoms with E-state index in [1.807, 2.05) is 20.8 Å². The molecule has 2 aliphatic rings. The molecule has 0 aromatic heterocycles. The summed E-state index contributed by atoms with van der Waals surface area (Å²) in [7, 11) is 0. The van der Waals surface area contributed by atoms with E-state index < -0.39 is 23.8 Å². The second kappa shape index (κ2) is 4.02. The predicted molar refractivity (Wildman–Crippen MR) is 59.4 cm³/mol. The molecule has 2 aliphatic heterocycles. The summed E-state index contributed by atoms with van der Waals surface area (Å²) in [6, 6.07) is 0. The van der Waals surface area contributed by atoms with Crippen LogP contribution in [-0.2, 0) is 23.7 Å². The number of Topliss-reactive ketones (excluding diaryl/α,β-unsaturated/α-hetero) is 1. The van der Waals surface area contributed by atoms with Gasteiger partial charge in [-0.05, 0) is 34.6 Å². The average Bonchev–Trinajstić information content (AvgIpc) is 2.44. The van der Waals surface area contributed by atoms with Crippen LogP contribution in [0, 0.1) is 0 Å². The van der Waals surface area contributed by atoms with Crippen LogP contribution < -0.4 is 0 Å². The van der Waals surface area contributed by atoms with Crippen molar-refractivity contribution in [1.82, 2.24) is 0 Å². The maximum absolute atomic E-state index is 12.1. The first-order chi connectivity index (χ1) is 7.68. The Morgan fingerprint density at radius 3 is 2.53 bits per heavy atom. The lowest BCUT2D eigenvalue weighted by Crippen LogP contribution is -2.51. The molecular formula is C12H20O5. The zero-order valence-electron chi connectivity index (χ0n) is 11.0. The number of rotatable bonds is 1. The average molecular weight is 244 g/mol. The summed E-state index contributed by atoms with van der Waals surface area (Å²) in [5.74, 6) is -0.924. The molecule has 3 atom stereocenters. The first-order valence-corrected chi connectivity index (χ1v) is 5.87. The van der Waals surface area contributed by atoms with Gasteiger partial charge in [-0.15, -0.1) is 0 Å². The molecule has 0 spiro atoms. The highest BCUT2D eigenvalue weighted by molar-refractivity contribution is 5.87. The molecule has 5 heteroatoms. The van der Waals surface area contributed by atoms with E-state index in [4.69, 9.17) is 18.9 Å². The summed E-state index contributed by atoms with van der Waals surface area (Å²) in [4.78, 5) is 12.1. The van der Waals surface area contributed by atoms with E-state index >= 15 is 0 Å². The monoisotopic (exact) mass is 244 g/mol. The third-order valence-electron chi connectivity index (χ3n) is 2.57. The van der Waals surface area contributed by atoms with Gasteiger partial charge >= 0.3 is 0 Å². The number of carbonyl (C=O) groups excluding carboxylic acids is 1. The van der Waals surface area contributed by atoms with Crippen molar-refractivity contribution in [3.8, 4) is 0 Å². The van der Waals surface area contributed by atoms with E-state index in [1.54, 1.807) is 13.8 Å². The topological polar surface area (TPSA) is 54.0 Å². The zero-order valence-corrected chi connectivity index (χ0v) is 11.0. The second-order valence-corrected chi connectivity index (χ2v) is 5.89. The van der Waals surface area contributed by atoms with Gasteiger partial charge in [0, 0.05) is 0 Å². The highest BCUT2D eigenvalue weighted by Crippen LogP contribution is 2.33. The van der Waals surface area contributed by atoms with Crippen LogP contribution in [0.3, 0.4) is 0 Å². The number of fused-ring (bicyclic) bond motifs is 1. The summed E-state index contributed by atoms with van der Waals surface area (Å²) in [6.45, 7) is 9.54. The fraction of sp³-hybridized carbons (Fsp3) is 0.917. The Hall–Kier alpha value is -0.490. The van der Waals surface area contributed by atoms with Gasteiger partial charge in [-0.2, -0.15) is 0 Å². The molecule has 2 saturated heterocycles. The van der Waals surface area contributed by atoms with E-state index in [1.165, 1.54) is 0 Å². The van der Waals surface area contributed by atoms with Gasteiger partial charge in [0.05, 0.1) is 12.2 Å². The van der Waals surface area contributed by atoms with Gasteiger partial charge in [-0.3, -0.25) is 4.79 Å². The van der Waals surface area contributed by atoms with Crippen LogP contribution in [-0.4, -0.2) is 42.3 Å². The van der Waals surface area contributed by atoms with E-state index in [9.17, 15) is 4.79 Å². The number of ether oxygens (including phenoxy) is 4. The molecule has 1 unspecified atom stereocenters. The molecule has 0 aromatic rings. The maximum Gasteiger partial charge on any atom is 0.221 e. The standard InChI is InChI=1S/C12H20O5/c1-11(2,3)17-10-8(13)9-7(6-14-10)15-12(4,5)16-9/h7,9-10H,6H2,1-5H3/t7-,9-,10?/m0/s1. The van der Waals surface area contributed by atoms with Crippen LogP contribution >= 0.6 is 0 Å². The van der Waals surface area contributed by atoms with Crippen LogP contribution in [0.1, 0.15) is 34.6 Å². The quantitative estimate of drug-likeness (QED) is 0.694. The molecule has 5 nitrogen and oxygen atoms in total. The minimum atomic E-state index is -0.853. The van der Waals surface area contributed by atoms with E-state index in [2.05, 4.69) is 0 Å². The fourth-order valence-corrected chi connectivity index (χ4v) is 2.01. The molecule has 0 amide bonds. The van der Waals surface area contributed by atoms with Gasteiger partial charge < -0.3 is 18.9 Å². The zero-order chi connectivity index (χ0) is 12.8. The van der Waals surface area contributed by atoms with Gasteiger partial charge in [0.25, 0.3) is 0 Å². The Kier molecular flexibility index (Phi) is 3.06. The largest absolute Gasteiger partial charge is 0.343 e. The second-order valence-electron chi connectivity index (χ2n) is 5.89. The summed E-state index contributed by atoms with van der Waals surface area (Å²) < 4.78 is 22.1. The molecule has 98 valence electrons. The number of carbonyl (C=O) groups is 1. The first kappa shape index (κ1) is 13.0. The molecule has 0 aromatic carbocycles. The van der Waals surface area contributed by atoms with Crippen molar-refractivity contribution in [1.29, 1.82) is 0 Å². The lowest BCUT2D eigenvalue weighted by atomic mass is 10.1. The van der Waals surface area contributed by atoms with Gasteiger partial charge in [0.2, 0.25) is 12.1 Å². The predicted octanol–water partition coefficient (Wildman–Crippen LogP) is 1.25. The van der Waals surface area contributed by atoms with Gasteiger partial charge in [0.1, 0.15) is 6.10 Å². The molecular weight excluding hydrogens is 224 g/mol. The molecule has 17 heavy (non-hydrogen) atoms. The van der Waals surface area contributed by atoms with Crippen LogP contribution in [0.4, 0.5) is 0 Å². The van der Waals surface area contributed by atoms with Gasteiger partial charge in [-0.1, -0.05) is 0 Å². The smallest absolute Gasteiger partial charge is 0.221 e. The first-order valence-electron chi connectivity index (χ1n) is 5.87. The van der Waals surface area contributed by atoms with E-state index in [-0.39, 0.29) is 11.9 Å². The Labute approximate surface area is 101 Å². The van der Waals surface area contributed by atoms with Crippen molar-refractivity contribution in [2.24, 2.45) is 0 Å². The normalized spacial score (nSPS) is 37.0. The van der Waals surface area contributed by atoms with E-state index in [0.29, 0.717) is 6.61 Å². The highest BCUT2D eigenvalue weighted by Gasteiger charge is 2.51. The fourth-order valence-electron chi connectivity index (χ4n) is 2.01. The SMILES string of the molecule is CC(C)(C)OC1OC[C@@H]2OC(C)(C)O[C@@H]2C1=O. The molecule has 0 aliphatic carbocycles. The van der Waals surface area contributed by atoms with Crippen molar-refractivity contribution in [2.45, 2.75) is 64.5 Å². The summed E-state index contributed by atoms with van der Waals surface area (Å²) >= 11 is 0. The van der Waals surface area contributed by atoms with Crippen molar-refractivity contribution in [3.05, 3.63) is 0 Å². The molecule has 0 radical (unpaired) electrons.